The highest BCUT2D eigenvalue weighted by Crippen LogP contribution is 2.30. The summed E-state index contributed by atoms with van der Waals surface area (Å²) in [5.74, 6) is 0.263. The Kier molecular flexibility index (Phi) is 1.22. The second-order valence-electron chi connectivity index (χ2n) is 2.59. The van der Waals surface area contributed by atoms with E-state index in [2.05, 4.69) is 0 Å². The second-order valence-corrected chi connectivity index (χ2v) is 2.59. The third-order valence-corrected chi connectivity index (χ3v) is 2.04. The van der Waals surface area contributed by atoms with Crippen molar-refractivity contribution in [3.8, 4) is 0 Å². The van der Waals surface area contributed by atoms with E-state index in [-0.39, 0.29) is 12.0 Å². The van der Waals surface area contributed by atoms with Gasteiger partial charge in [0.15, 0.2) is 6.29 Å². The lowest BCUT2D eigenvalue weighted by atomic mass is 9.93. The molecule has 3 unspecified atom stereocenters. The standard InChI is InChI=1S/C6H10O3/c7-6-4(3-9-6)5-1-2-8-5/h4-7H,1-3H2. The van der Waals surface area contributed by atoms with Crippen molar-refractivity contribution in [2.24, 2.45) is 5.92 Å². The predicted octanol–water partition coefficient (Wildman–Crippen LogP) is -0.260. The van der Waals surface area contributed by atoms with Crippen LogP contribution in [0.2, 0.25) is 0 Å². The fraction of sp³-hybridized carbons (Fsp3) is 1.00. The second kappa shape index (κ2) is 1.94. The van der Waals surface area contributed by atoms with E-state index >= 15 is 0 Å². The number of hydrogen-bond acceptors (Lipinski definition) is 3. The minimum absolute atomic E-state index is 0.263. The Bertz CT molecular complexity index is 111. The summed E-state index contributed by atoms with van der Waals surface area (Å²) in [5.41, 5.74) is 0. The summed E-state index contributed by atoms with van der Waals surface area (Å²) in [6, 6.07) is 0. The molecule has 2 aliphatic rings. The maximum Gasteiger partial charge on any atom is 0.162 e. The summed E-state index contributed by atoms with van der Waals surface area (Å²) in [6.07, 6.45) is 0.828. The molecule has 0 amide bonds. The topological polar surface area (TPSA) is 38.7 Å². The molecule has 2 aliphatic heterocycles. The Morgan fingerprint density at radius 2 is 2.11 bits per heavy atom. The average molecular weight is 130 g/mol. The zero-order valence-corrected chi connectivity index (χ0v) is 5.12. The summed E-state index contributed by atoms with van der Waals surface area (Å²) < 4.78 is 9.94. The predicted molar refractivity (Wildman–Crippen MR) is 29.8 cm³/mol. The van der Waals surface area contributed by atoms with Crippen molar-refractivity contribution in [1.29, 1.82) is 0 Å². The van der Waals surface area contributed by atoms with Crippen molar-refractivity contribution >= 4 is 0 Å². The fourth-order valence-corrected chi connectivity index (χ4v) is 1.18. The molecule has 0 bridgehead atoms. The summed E-state index contributed by atoms with van der Waals surface area (Å²) in [6.45, 7) is 1.53. The molecule has 2 fully saturated rings. The van der Waals surface area contributed by atoms with Crippen molar-refractivity contribution in [1.82, 2.24) is 0 Å². The molecule has 0 aromatic carbocycles. The van der Waals surface area contributed by atoms with Gasteiger partial charge in [-0.05, 0) is 6.42 Å². The van der Waals surface area contributed by atoms with Crippen molar-refractivity contribution in [2.75, 3.05) is 13.2 Å². The lowest BCUT2D eigenvalue weighted by molar-refractivity contribution is -0.280. The highest BCUT2D eigenvalue weighted by molar-refractivity contribution is 4.82. The van der Waals surface area contributed by atoms with E-state index in [0.29, 0.717) is 6.61 Å². The number of aliphatic hydroxyl groups is 1. The van der Waals surface area contributed by atoms with E-state index in [1.165, 1.54) is 0 Å². The molecule has 2 rings (SSSR count). The van der Waals surface area contributed by atoms with Gasteiger partial charge in [-0.3, -0.25) is 0 Å². The molecule has 2 heterocycles. The summed E-state index contributed by atoms with van der Waals surface area (Å²) in [5, 5.41) is 8.94. The van der Waals surface area contributed by atoms with Gasteiger partial charge < -0.3 is 14.6 Å². The van der Waals surface area contributed by atoms with Gasteiger partial charge in [-0.25, -0.2) is 0 Å². The van der Waals surface area contributed by atoms with Gasteiger partial charge in [-0.2, -0.15) is 0 Å². The molecule has 2 saturated heterocycles. The van der Waals surface area contributed by atoms with Crippen LogP contribution in [0.15, 0.2) is 0 Å². The summed E-state index contributed by atoms with van der Waals surface area (Å²) in [7, 11) is 0. The first-order chi connectivity index (χ1) is 4.38. The lowest BCUT2D eigenvalue weighted by Gasteiger charge is -2.42. The van der Waals surface area contributed by atoms with Gasteiger partial charge in [0, 0.05) is 6.61 Å². The molecule has 0 radical (unpaired) electrons. The molecule has 9 heavy (non-hydrogen) atoms. The Hall–Kier alpha value is -0.120. The highest BCUT2D eigenvalue weighted by Gasteiger charge is 2.40. The monoisotopic (exact) mass is 130 g/mol. The van der Waals surface area contributed by atoms with Gasteiger partial charge in [0.2, 0.25) is 0 Å². The molecule has 3 atom stereocenters. The van der Waals surface area contributed by atoms with Crippen LogP contribution in [0.1, 0.15) is 6.42 Å². The van der Waals surface area contributed by atoms with Crippen LogP contribution in [-0.2, 0) is 9.47 Å². The molecule has 3 heteroatoms. The van der Waals surface area contributed by atoms with E-state index < -0.39 is 6.29 Å². The third-order valence-electron chi connectivity index (χ3n) is 2.04. The van der Waals surface area contributed by atoms with Crippen LogP contribution in [0.25, 0.3) is 0 Å². The molecule has 3 nitrogen and oxygen atoms in total. The number of ether oxygens (including phenoxy) is 2. The molecular weight excluding hydrogens is 120 g/mol. The van der Waals surface area contributed by atoms with Crippen LogP contribution < -0.4 is 0 Å². The zero-order valence-electron chi connectivity index (χ0n) is 5.12. The van der Waals surface area contributed by atoms with Crippen LogP contribution in [0.5, 0.6) is 0 Å². The quantitative estimate of drug-likeness (QED) is 0.531. The SMILES string of the molecule is OC1OCC1C1CCO1. The van der Waals surface area contributed by atoms with Crippen LogP contribution in [0.4, 0.5) is 0 Å². The lowest BCUT2D eigenvalue weighted by Crippen LogP contribution is -2.51. The first kappa shape index (κ1) is 5.65. The first-order valence-electron chi connectivity index (χ1n) is 3.29. The average Bonchev–Trinajstić information content (AvgIpc) is 1.74. The molecule has 0 saturated carbocycles. The minimum Gasteiger partial charge on any atom is -0.377 e. The smallest absolute Gasteiger partial charge is 0.162 e. The van der Waals surface area contributed by atoms with E-state index in [4.69, 9.17) is 14.6 Å². The molecule has 0 aromatic rings. The van der Waals surface area contributed by atoms with Gasteiger partial charge in [0.1, 0.15) is 0 Å². The molecule has 1 N–H and O–H groups in total. The number of rotatable bonds is 1. The maximum atomic E-state index is 8.94. The van der Waals surface area contributed by atoms with Crippen LogP contribution >= 0.6 is 0 Å². The van der Waals surface area contributed by atoms with E-state index in [9.17, 15) is 0 Å². The Balaban J connectivity index is 1.83. The Morgan fingerprint density at radius 3 is 2.22 bits per heavy atom. The molecule has 0 aromatic heterocycles. The zero-order chi connectivity index (χ0) is 6.27. The molecular formula is C6H10O3. The van der Waals surface area contributed by atoms with Crippen LogP contribution in [-0.4, -0.2) is 30.7 Å². The van der Waals surface area contributed by atoms with Gasteiger partial charge in [-0.1, -0.05) is 0 Å². The fourth-order valence-electron chi connectivity index (χ4n) is 1.18. The van der Waals surface area contributed by atoms with Crippen molar-refractivity contribution in [2.45, 2.75) is 18.8 Å². The van der Waals surface area contributed by atoms with Crippen molar-refractivity contribution < 1.29 is 14.6 Å². The van der Waals surface area contributed by atoms with Gasteiger partial charge >= 0.3 is 0 Å². The van der Waals surface area contributed by atoms with E-state index in [1.54, 1.807) is 0 Å². The number of aliphatic hydroxyl groups excluding tert-OH is 1. The molecule has 52 valence electrons. The van der Waals surface area contributed by atoms with Crippen LogP contribution in [0, 0.1) is 5.92 Å². The van der Waals surface area contributed by atoms with Crippen LogP contribution in [0.3, 0.4) is 0 Å². The third kappa shape index (κ3) is 0.764. The largest absolute Gasteiger partial charge is 0.377 e. The molecule has 0 spiro atoms. The maximum absolute atomic E-state index is 8.94. The van der Waals surface area contributed by atoms with Crippen molar-refractivity contribution in [3.05, 3.63) is 0 Å². The Morgan fingerprint density at radius 1 is 1.33 bits per heavy atom. The molecule has 0 aliphatic carbocycles. The normalized spacial score (nSPS) is 49.7. The van der Waals surface area contributed by atoms with Gasteiger partial charge in [0.05, 0.1) is 18.6 Å². The van der Waals surface area contributed by atoms with E-state index in [0.717, 1.165) is 13.0 Å². The summed E-state index contributed by atoms with van der Waals surface area (Å²) >= 11 is 0. The van der Waals surface area contributed by atoms with Gasteiger partial charge in [0.25, 0.3) is 0 Å². The minimum atomic E-state index is -0.546. The van der Waals surface area contributed by atoms with E-state index in [1.807, 2.05) is 0 Å². The van der Waals surface area contributed by atoms with Gasteiger partial charge in [-0.15, -0.1) is 0 Å². The Labute approximate surface area is 53.6 Å². The number of hydrogen-bond donors (Lipinski definition) is 1. The van der Waals surface area contributed by atoms with Crippen molar-refractivity contribution in [3.63, 3.8) is 0 Å². The summed E-state index contributed by atoms with van der Waals surface area (Å²) in [4.78, 5) is 0. The first-order valence-corrected chi connectivity index (χ1v) is 3.29. The highest BCUT2D eigenvalue weighted by atomic mass is 16.6.